The topological polar surface area (TPSA) is 59.2 Å². The molecule has 0 spiro atoms. The summed E-state index contributed by atoms with van der Waals surface area (Å²) in [7, 11) is 0. The molecule has 4 aromatic rings. The molecule has 2 aromatic carbocycles. The Bertz CT molecular complexity index is 1140. The van der Waals surface area contributed by atoms with Crippen molar-refractivity contribution in [1.29, 1.82) is 0 Å². The van der Waals surface area contributed by atoms with Gasteiger partial charge in [0.1, 0.15) is 4.88 Å². The van der Waals surface area contributed by atoms with Gasteiger partial charge in [-0.1, -0.05) is 55.5 Å². The third-order valence-corrected chi connectivity index (χ3v) is 5.80. The van der Waals surface area contributed by atoms with E-state index in [1.807, 2.05) is 54.6 Å². The number of hydrogen-bond acceptors (Lipinski definition) is 4. The summed E-state index contributed by atoms with van der Waals surface area (Å²) in [6, 6.07) is 19.4. The van der Waals surface area contributed by atoms with Crippen molar-refractivity contribution in [2.45, 2.75) is 13.3 Å². The molecule has 2 aromatic heterocycles. The molecular weight excluding hydrogens is 370 g/mol. The van der Waals surface area contributed by atoms with Gasteiger partial charge in [0.2, 0.25) is 5.78 Å². The third-order valence-electron chi connectivity index (χ3n) is 4.68. The van der Waals surface area contributed by atoms with Gasteiger partial charge in [-0.25, -0.2) is 4.79 Å². The number of benzene rings is 2. The summed E-state index contributed by atoms with van der Waals surface area (Å²) in [6.07, 6.45) is 2.57. The maximum Gasteiger partial charge on any atom is 0.348 e. The monoisotopic (exact) mass is 389 g/mol. The van der Waals surface area contributed by atoms with E-state index in [1.54, 1.807) is 12.3 Å². The predicted molar refractivity (Wildman–Crippen MR) is 112 cm³/mol. The molecule has 0 fully saturated rings. The first-order valence-electron chi connectivity index (χ1n) is 9.12. The highest BCUT2D eigenvalue weighted by Gasteiger charge is 2.17. The van der Waals surface area contributed by atoms with E-state index in [-0.39, 0.29) is 12.4 Å². The number of aromatic nitrogens is 1. The van der Waals surface area contributed by atoms with Crippen molar-refractivity contribution in [2.75, 3.05) is 6.61 Å². The highest BCUT2D eigenvalue weighted by Crippen LogP contribution is 2.28. The Balaban J connectivity index is 1.46. The van der Waals surface area contributed by atoms with Crippen molar-refractivity contribution in [3.8, 4) is 10.4 Å². The lowest BCUT2D eigenvalue weighted by molar-refractivity contribution is 0.0480. The second-order valence-electron chi connectivity index (χ2n) is 6.42. The van der Waals surface area contributed by atoms with Crippen LogP contribution in [0.4, 0.5) is 0 Å². The molecule has 0 saturated heterocycles. The number of ether oxygens (including phenoxy) is 1. The molecule has 0 aliphatic rings. The minimum atomic E-state index is -0.477. The SMILES string of the molecule is CCc1cccc2c(C(=O)COC(=O)c3ccc(-c4ccccc4)s3)c[nH]c12. The molecule has 140 valence electrons. The fourth-order valence-electron chi connectivity index (χ4n) is 3.23. The van der Waals surface area contributed by atoms with Gasteiger partial charge >= 0.3 is 5.97 Å². The number of ketones is 1. The van der Waals surface area contributed by atoms with Crippen LogP contribution in [0.2, 0.25) is 0 Å². The number of carbonyl (C=O) groups is 2. The van der Waals surface area contributed by atoms with Crippen LogP contribution >= 0.6 is 11.3 Å². The zero-order chi connectivity index (χ0) is 19.5. The first kappa shape index (κ1) is 18.2. The Morgan fingerprint density at radius 2 is 1.82 bits per heavy atom. The van der Waals surface area contributed by atoms with Crippen molar-refractivity contribution in [3.63, 3.8) is 0 Å². The normalized spacial score (nSPS) is 10.9. The maximum atomic E-state index is 12.6. The lowest BCUT2D eigenvalue weighted by Crippen LogP contribution is -2.13. The molecule has 4 rings (SSSR count). The summed E-state index contributed by atoms with van der Waals surface area (Å²) < 4.78 is 5.28. The van der Waals surface area contributed by atoms with Crippen LogP contribution in [0.1, 0.15) is 32.5 Å². The van der Waals surface area contributed by atoms with E-state index in [0.717, 1.165) is 33.3 Å². The summed E-state index contributed by atoms with van der Waals surface area (Å²) in [6.45, 7) is 1.80. The number of hydrogen-bond donors (Lipinski definition) is 1. The average molecular weight is 389 g/mol. The smallest absolute Gasteiger partial charge is 0.348 e. The second kappa shape index (κ2) is 7.82. The number of fused-ring (bicyclic) bond motifs is 1. The molecule has 1 N–H and O–H groups in total. The Hall–Kier alpha value is -3.18. The van der Waals surface area contributed by atoms with Gasteiger partial charge in [0.25, 0.3) is 0 Å². The van der Waals surface area contributed by atoms with E-state index in [9.17, 15) is 9.59 Å². The maximum absolute atomic E-state index is 12.6. The minimum Gasteiger partial charge on any atom is -0.453 e. The first-order valence-corrected chi connectivity index (χ1v) is 9.93. The molecule has 0 saturated carbocycles. The molecule has 0 aliphatic carbocycles. The number of aryl methyl sites for hydroxylation is 1. The van der Waals surface area contributed by atoms with Crippen LogP contribution in [0.15, 0.2) is 66.9 Å². The van der Waals surface area contributed by atoms with E-state index in [0.29, 0.717) is 10.4 Å². The number of carbonyl (C=O) groups excluding carboxylic acids is 2. The van der Waals surface area contributed by atoms with Crippen LogP contribution in [0.25, 0.3) is 21.3 Å². The molecule has 4 nitrogen and oxygen atoms in total. The summed E-state index contributed by atoms with van der Waals surface area (Å²) >= 11 is 1.36. The number of H-pyrrole nitrogens is 1. The molecule has 0 atom stereocenters. The Morgan fingerprint density at radius 1 is 1.00 bits per heavy atom. The van der Waals surface area contributed by atoms with E-state index in [4.69, 9.17) is 4.74 Å². The van der Waals surface area contributed by atoms with Crippen LogP contribution in [0.5, 0.6) is 0 Å². The lowest BCUT2D eigenvalue weighted by Gasteiger charge is -2.03. The van der Waals surface area contributed by atoms with Crippen LogP contribution in [-0.4, -0.2) is 23.3 Å². The fraction of sp³-hybridized carbons (Fsp3) is 0.130. The molecule has 0 radical (unpaired) electrons. The van der Waals surface area contributed by atoms with Crippen LogP contribution in [-0.2, 0) is 11.2 Å². The largest absolute Gasteiger partial charge is 0.453 e. The molecule has 0 aliphatic heterocycles. The van der Waals surface area contributed by atoms with E-state index >= 15 is 0 Å². The average Bonchev–Trinajstić information content (AvgIpc) is 3.39. The Morgan fingerprint density at radius 3 is 2.61 bits per heavy atom. The highest BCUT2D eigenvalue weighted by molar-refractivity contribution is 7.17. The molecule has 0 amide bonds. The van der Waals surface area contributed by atoms with Crippen molar-refractivity contribution in [2.24, 2.45) is 0 Å². The summed E-state index contributed by atoms with van der Waals surface area (Å²) in [4.78, 5) is 29.6. The second-order valence-corrected chi connectivity index (χ2v) is 7.51. The predicted octanol–water partition coefficient (Wildman–Crippen LogP) is 5.50. The quantitative estimate of drug-likeness (QED) is 0.350. The van der Waals surface area contributed by atoms with Gasteiger partial charge in [-0.15, -0.1) is 11.3 Å². The molecule has 0 bridgehead atoms. The van der Waals surface area contributed by atoms with Gasteiger partial charge in [-0.2, -0.15) is 0 Å². The zero-order valence-corrected chi connectivity index (χ0v) is 16.2. The lowest BCUT2D eigenvalue weighted by atomic mass is 10.1. The minimum absolute atomic E-state index is 0.215. The fourth-order valence-corrected chi connectivity index (χ4v) is 4.13. The summed E-state index contributed by atoms with van der Waals surface area (Å²) in [5, 5.41) is 0.864. The van der Waals surface area contributed by atoms with E-state index in [2.05, 4.69) is 11.9 Å². The highest BCUT2D eigenvalue weighted by atomic mass is 32.1. The van der Waals surface area contributed by atoms with Crippen LogP contribution < -0.4 is 0 Å². The van der Waals surface area contributed by atoms with Gasteiger partial charge < -0.3 is 9.72 Å². The van der Waals surface area contributed by atoms with Crippen molar-refractivity contribution in [1.82, 2.24) is 4.98 Å². The van der Waals surface area contributed by atoms with Gasteiger partial charge in [0.15, 0.2) is 6.61 Å². The Labute approximate surface area is 166 Å². The van der Waals surface area contributed by atoms with E-state index in [1.165, 1.54) is 11.3 Å². The van der Waals surface area contributed by atoms with Gasteiger partial charge in [0.05, 0.1) is 0 Å². The standard InChI is InChI=1S/C23H19NO3S/c1-2-15-9-6-10-17-18(13-24-22(15)17)19(25)14-27-23(26)21-12-11-20(28-21)16-7-4-3-5-8-16/h3-13,24H,2,14H2,1H3. The zero-order valence-electron chi connectivity index (χ0n) is 15.4. The molecular formula is C23H19NO3S. The number of para-hydroxylation sites is 1. The number of Topliss-reactive ketones (excluding diaryl/α,β-unsaturated/α-hetero) is 1. The number of rotatable bonds is 6. The number of thiophene rings is 1. The summed E-state index contributed by atoms with van der Waals surface area (Å²) in [5.41, 5.74) is 3.72. The van der Waals surface area contributed by atoms with Gasteiger partial charge in [-0.05, 0) is 29.7 Å². The van der Waals surface area contributed by atoms with Crippen molar-refractivity contribution < 1.29 is 14.3 Å². The molecule has 2 heterocycles. The van der Waals surface area contributed by atoms with Gasteiger partial charge in [-0.3, -0.25) is 4.79 Å². The number of aromatic amines is 1. The van der Waals surface area contributed by atoms with Crippen molar-refractivity contribution >= 4 is 34.0 Å². The van der Waals surface area contributed by atoms with Crippen LogP contribution in [0, 0.1) is 0 Å². The number of nitrogens with one attached hydrogen (secondary N) is 1. The first-order chi connectivity index (χ1) is 13.7. The molecule has 0 unspecified atom stereocenters. The Kier molecular flexibility index (Phi) is 5.08. The van der Waals surface area contributed by atoms with Crippen molar-refractivity contribution in [3.05, 3.63) is 82.9 Å². The third kappa shape index (κ3) is 3.49. The molecule has 5 heteroatoms. The van der Waals surface area contributed by atoms with Crippen LogP contribution in [0.3, 0.4) is 0 Å². The summed E-state index contributed by atoms with van der Waals surface area (Å²) in [5.74, 6) is -0.692. The van der Waals surface area contributed by atoms with Gasteiger partial charge in [0, 0.05) is 27.5 Å². The molecule has 28 heavy (non-hydrogen) atoms. The van der Waals surface area contributed by atoms with E-state index < -0.39 is 5.97 Å². The number of esters is 1.